The van der Waals surface area contributed by atoms with Gasteiger partial charge in [-0.05, 0) is 81.0 Å². The minimum Gasteiger partial charge on any atom is -0.382 e. The molecule has 1 aliphatic rings. The number of anilines is 1. The Bertz CT molecular complexity index is 1480. The number of fused-ring (bicyclic) bond motifs is 2. The number of rotatable bonds is 6. The Balaban J connectivity index is 1.42. The normalized spacial score (nSPS) is 18.2. The first kappa shape index (κ1) is 26.3. The van der Waals surface area contributed by atoms with Crippen molar-refractivity contribution in [2.75, 3.05) is 11.9 Å². The molecule has 2 aromatic carbocycles. The van der Waals surface area contributed by atoms with Crippen molar-refractivity contribution < 1.29 is 18.0 Å². The van der Waals surface area contributed by atoms with E-state index in [1.165, 1.54) is 12.1 Å². The van der Waals surface area contributed by atoms with Gasteiger partial charge in [0.1, 0.15) is 5.69 Å². The minimum atomic E-state index is -4.57. The second-order valence-electron chi connectivity index (χ2n) is 9.96. The number of nitrogens with zero attached hydrogens (tertiary/aromatic N) is 3. The van der Waals surface area contributed by atoms with Gasteiger partial charge < -0.3 is 15.2 Å². The lowest BCUT2D eigenvalue weighted by Gasteiger charge is -2.38. The molecule has 10 heteroatoms. The Labute approximate surface area is 223 Å². The number of hydrogen-bond acceptors (Lipinski definition) is 4. The van der Waals surface area contributed by atoms with Crippen LogP contribution in [0.3, 0.4) is 0 Å². The number of halogens is 4. The van der Waals surface area contributed by atoms with Crippen LogP contribution in [0.1, 0.15) is 60.6 Å². The van der Waals surface area contributed by atoms with Gasteiger partial charge in [-0.3, -0.25) is 4.79 Å². The summed E-state index contributed by atoms with van der Waals surface area (Å²) >= 11 is 6.17. The number of alkyl halides is 3. The molecule has 1 saturated carbocycles. The third-order valence-corrected chi connectivity index (χ3v) is 7.47. The number of amides is 1. The van der Waals surface area contributed by atoms with E-state index < -0.39 is 11.9 Å². The highest BCUT2D eigenvalue weighted by Gasteiger charge is 2.35. The van der Waals surface area contributed by atoms with Gasteiger partial charge in [-0.2, -0.15) is 13.2 Å². The highest BCUT2D eigenvalue weighted by Crippen LogP contribution is 2.36. The zero-order valence-corrected chi connectivity index (χ0v) is 22.0. The fraction of sp³-hybridized carbons (Fsp3) is 0.393. The molecule has 1 amide bonds. The molecule has 0 spiro atoms. The monoisotopic (exact) mass is 543 g/mol. The first-order valence-electron chi connectivity index (χ1n) is 12.8. The lowest BCUT2D eigenvalue weighted by atomic mass is 9.88. The molecule has 1 aliphatic carbocycles. The number of H-pyrrole nitrogens is 1. The smallest absolute Gasteiger partial charge is 0.382 e. The molecule has 2 atom stereocenters. The van der Waals surface area contributed by atoms with E-state index in [2.05, 4.69) is 20.3 Å². The molecule has 0 unspecified atom stereocenters. The molecule has 38 heavy (non-hydrogen) atoms. The molecule has 0 bridgehead atoms. The second-order valence-corrected chi connectivity index (χ2v) is 10.4. The molecule has 4 aromatic rings. The maximum atomic E-state index is 13.8. The van der Waals surface area contributed by atoms with Gasteiger partial charge in [0.05, 0.1) is 22.9 Å². The van der Waals surface area contributed by atoms with E-state index in [4.69, 9.17) is 11.6 Å². The van der Waals surface area contributed by atoms with Gasteiger partial charge in [0.2, 0.25) is 0 Å². The standard InChI is InChI=1S/C28H29ClF3N5O/c1-3-9-37(27(38)20-13-25-24(10-16(20)2)33-15-34-25)19-6-4-5-18(12-19)35-23-14-26(28(30,31)32)36-22-8-7-17(29)11-21(22)23/h7-8,10-11,13-15,18-19H,3-6,9,12H2,1-2H3,(H,33,34)(H,35,36)/t18-,19+/m0/s1. The summed E-state index contributed by atoms with van der Waals surface area (Å²) < 4.78 is 40.8. The summed E-state index contributed by atoms with van der Waals surface area (Å²) in [5, 5.41) is 4.31. The van der Waals surface area contributed by atoms with Gasteiger partial charge in [0.15, 0.2) is 0 Å². The van der Waals surface area contributed by atoms with Crippen LogP contribution in [0, 0.1) is 6.92 Å². The molecule has 0 radical (unpaired) electrons. The molecule has 2 heterocycles. The van der Waals surface area contributed by atoms with Crippen molar-refractivity contribution in [2.24, 2.45) is 0 Å². The Hall–Kier alpha value is -3.33. The van der Waals surface area contributed by atoms with Crippen molar-refractivity contribution in [2.45, 2.75) is 64.2 Å². The van der Waals surface area contributed by atoms with Crippen LogP contribution in [0.2, 0.25) is 5.02 Å². The number of nitrogens with one attached hydrogen (secondary N) is 2. The highest BCUT2D eigenvalue weighted by atomic mass is 35.5. The molecule has 5 rings (SSSR count). The van der Waals surface area contributed by atoms with Gasteiger partial charge in [-0.15, -0.1) is 0 Å². The molecular weight excluding hydrogens is 515 g/mol. The van der Waals surface area contributed by atoms with Crippen LogP contribution >= 0.6 is 11.6 Å². The number of aromatic amines is 1. The SMILES string of the molecule is CCCN(C(=O)c1cc2nc[nH]c2cc1C)[C@@H]1CCC[C@H](Nc2cc(C(F)(F)F)nc3ccc(Cl)cc23)C1. The molecule has 6 nitrogen and oxygen atoms in total. The summed E-state index contributed by atoms with van der Waals surface area (Å²) in [5.74, 6) is -0.0413. The van der Waals surface area contributed by atoms with Crippen LogP contribution in [0.15, 0.2) is 42.7 Å². The van der Waals surface area contributed by atoms with E-state index in [0.29, 0.717) is 34.6 Å². The molecular formula is C28H29ClF3N5O. The lowest BCUT2D eigenvalue weighted by molar-refractivity contribution is -0.140. The fourth-order valence-electron chi connectivity index (χ4n) is 5.43. The molecule has 1 fully saturated rings. The molecule has 0 saturated heterocycles. The van der Waals surface area contributed by atoms with Crippen molar-refractivity contribution in [3.05, 3.63) is 64.6 Å². The van der Waals surface area contributed by atoms with Crippen LogP contribution in [0.25, 0.3) is 21.9 Å². The number of imidazole rings is 1. The predicted molar refractivity (Wildman–Crippen MR) is 144 cm³/mol. The summed E-state index contributed by atoms with van der Waals surface area (Å²) in [4.78, 5) is 26.9. The van der Waals surface area contributed by atoms with E-state index in [1.54, 1.807) is 12.4 Å². The van der Waals surface area contributed by atoms with Gasteiger partial charge in [-0.25, -0.2) is 9.97 Å². The van der Waals surface area contributed by atoms with Gasteiger partial charge in [-0.1, -0.05) is 18.5 Å². The summed E-state index contributed by atoms with van der Waals surface area (Å²) in [6.45, 7) is 4.55. The van der Waals surface area contributed by atoms with Crippen molar-refractivity contribution in [1.29, 1.82) is 0 Å². The third-order valence-electron chi connectivity index (χ3n) is 7.23. The number of carbonyl (C=O) groups is 1. The topological polar surface area (TPSA) is 73.9 Å². The Morgan fingerprint density at radius 1 is 1.18 bits per heavy atom. The lowest BCUT2D eigenvalue weighted by Crippen LogP contribution is -2.46. The van der Waals surface area contributed by atoms with Gasteiger partial charge in [0.25, 0.3) is 5.91 Å². The van der Waals surface area contributed by atoms with Gasteiger partial charge in [0, 0.05) is 40.3 Å². The zero-order chi connectivity index (χ0) is 27.0. The zero-order valence-electron chi connectivity index (χ0n) is 21.2. The molecule has 200 valence electrons. The predicted octanol–water partition coefficient (Wildman–Crippen LogP) is 7.37. The van der Waals surface area contributed by atoms with Crippen LogP contribution in [-0.2, 0) is 6.18 Å². The average molecular weight is 544 g/mol. The van der Waals surface area contributed by atoms with E-state index in [0.717, 1.165) is 48.3 Å². The third kappa shape index (κ3) is 5.29. The quantitative estimate of drug-likeness (QED) is 0.266. The van der Waals surface area contributed by atoms with E-state index in [1.807, 2.05) is 30.9 Å². The first-order valence-corrected chi connectivity index (χ1v) is 13.2. The van der Waals surface area contributed by atoms with Crippen LogP contribution in [-0.4, -0.2) is 44.4 Å². The Morgan fingerprint density at radius 3 is 2.76 bits per heavy atom. The average Bonchev–Trinajstić information content (AvgIpc) is 3.33. The second kappa shape index (κ2) is 10.4. The van der Waals surface area contributed by atoms with E-state index in [9.17, 15) is 18.0 Å². The molecule has 2 aromatic heterocycles. The van der Waals surface area contributed by atoms with Crippen molar-refractivity contribution in [3.8, 4) is 0 Å². The van der Waals surface area contributed by atoms with Crippen molar-refractivity contribution >= 4 is 45.1 Å². The fourth-order valence-corrected chi connectivity index (χ4v) is 5.60. The number of benzene rings is 2. The van der Waals surface area contributed by atoms with Crippen LogP contribution < -0.4 is 5.32 Å². The number of hydrogen-bond donors (Lipinski definition) is 2. The number of aryl methyl sites for hydroxylation is 1. The van der Waals surface area contributed by atoms with Crippen LogP contribution in [0.4, 0.5) is 18.9 Å². The largest absolute Gasteiger partial charge is 0.433 e. The minimum absolute atomic E-state index is 0.0400. The summed E-state index contributed by atoms with van der Waals surface area (Å²) in [7, 11) is 0. The number of carbonyl (C=O) groups excluding carboxylic acids is 1. The highest BCUT2D eigenvalue weighted by molar-refractivity contribution is 6.31. The Kier molecular flexibility index (Phi) is 7.22. The number of aromatic nitrogens is 3. The van der Waals surface area contributed by atoms with Crippen molar-refractivity contribution in [1.82, 2.24) is 19.9 Å². The van der Waals surface area contributed by atoms with E-state index in [-0.39, 0.29) is 23.5 Å². The first-order chi connectivity index (χ1) is 18.1. The Morgan fingerprint density at radius 2 is 2.00 bits per heavy atom. The van der Waals surface area contributed by atoms with Crippen LogP contribution in [0.5, 0.6) is 0 Å². The summed E-state index contributed by atoms with van der Waals surface area (Å²) in [6.07, 6.45) is 0.937. The van der Waals surface area contributed by atoms with Gasteiger partial charge >= 0.3 is 6.18 Å². The molecule has 0 aliphatic heterocycles. The maximum Gasteiger partial charge on any atom is 0.433 e. The number of pyridine rings is 1. The van der Waals surface area contributed by atoms with Crippen molar-refractivity contribution in [3.63, 3.8) is 0 Å². The maximum absolute atomic E-state index is 13.8. The summed E-state index contributed by atoms with van der Waals surface area (Å²) in [5.41, 5.74) is 2.74. The summed E-state index contributed by atoms with van der Waals surface area (Å²) in [6, 6.07) is 9.34. The van der Waals surface area contributed by atoms with E-state index >= 15 is 0 Å². The molecule has 2 N–H and O–H groups in total.